The van der Waals surface area contributed by atoms with Gasteiger partial charge in [-0.1, -0.05) is 55.3 Å². The van der Waals surface area contributed by atoms with E-state index in [2.05, 4.69) is 10.6 Å². The first-order chi connectivity index (χ1) is 15.9. The first kappa shape index (κ1) is 25.0. The number of allylic oxidation sites excluding steroid dienone is 2. The minimum Gasteiger partial charge on any atom is -0.463 e. The number of benzene rings is 1. The molecule has 2 amide bonds. The minimum atomic E-state index is -0.555. The number of aliphatic hydroxyl groups excluding tert-OH is 1. The normalized spacial score (nSPS) is 25.9. The summed E-state index contributed by atoms with van der Waals surface area (Å²) in [7, 11) is 0. The summed E-state index contributed by atoms with van der Waals surface area (Å²) >= 11 is 0. The molecule has 33 heavy (non-hydrogen) atoms. The first-order valence-electron chi connectivity index (χ1n) is 12.0. The lowest BCUT2D eigenvalue weighted by atomic mass is 9.93. The highest BCUT2D eigenvalue weighted by atomic mass is 16.5. The average molecular weight is 457 g/mol. The maximum absolute atomic E-state index is 12.8. The summed E-state index contributed by atoms with van der Waals surface area (Å²) in [4.78, 5) is 38.2. The van der Waals surface area contributed by atoms with Gasteiger partial charge in [-0.15, -0.1) is 0 Å². The monoisotopic (exact) mass is 456 g/mol. The Balaban J connectivity index is 1.66. The van der Waals surface area contributed by atoms with Gasteiger partial charge in [0.25, 0.3) is 0 Å². The molecule has 1 heterocycles. The van der Waals surface area contributed by atoms with Crippen molar-refractivity contribution in [2.45, 2.75) is 69.9 Å². The summed E-state index contributed by atoms with van der Waals surface area (Å²) < 4.78 is 5.50. The van der Waals surface area contributed by atoms with E-state index in [0.717, 1.165) is 31.2 Å². The van der Waals surface area contributed by atoms with Crippen molar-refractivity contribution < 1.29 is 24.2 Å². The number of ether oxygens (including phenoxy) is 1. The van der Waals surface area contributed by atoms with Crippen LogP contribution in [0.1, 0.15) is 57.4 Å². The number of hydrogen-bond acceptors (Lipinski definition) is 5. The summed E-state index contributed by atoms with van der Waals surface area (Å²) in [6.07, 6.45) is 8.83. The van der Waals surface area contributed by atoms with Crippen molar-refractivity contribution in [2.24, 2.45) is 11.8 Å². The number of carbonyl (C=O) groups is 3. The van der Waals surface area contributed by atoms with Crippen LogP contribution in [0.4, 0.5) is 0 Å². The molecule has 0 bridgehead atoms. The van der Waals surface area contributed by atoms with Crippen LogP contribution in [0.3, 0.4) is 0 Å². The van der Waals surface area contributed by atoms with E-state index in [-0.39, 0.29) is 49.4 Å². The van der Waals surface area contributed by atoms with Crippen molar-refractivity contribution in [3.8, 4) is 0 Å². The Hall–Kier alpha value is -2.67. The molecule has 1 aromatic carbocycles. The quantitative estimate of drug-likeness (QED) is 0.451. The number of esters is 1. The van der Waals surface area contributed by atoms with Crippen molar-refractivity contribution in [1.82, 2.24) is 10.6 Å². The van der Waals surface area contributed by atoms with Gasteiger partial charge in [0.05, 0.1) is 30.0 Å². The number of cyclic esters (lactones) is 1. The van der Waals surface area contributed by atoms with Crippen LogP contribution in [0.2, 0.25) is 0 Å². The highest BCUT2D eigenvalue weighted by Crippen LogP contribution is 2.29. The number of nitrogens with one attached hydrogen (secondary N) is 2. The van der Waals surface area contributed by atoms with Gasteiger partial charge in [0, 0.05) is 6.42 Å². The lowest BCUT2D eigenvalue weighted by molar-refractivity contribution is -0.149. The van der Waals surface area contributed by atoms with Crippen LogP contribution in [0.15, 0.2) is 42.5 Å². The standard InChI is InChI=1S/C26H36N2O5/c1-19-17-33-25(32)22(15-20-9-3-2-4-10-20)12-6-5-11-21(24(31)27-19)16-23(30)28-26(18-29)13-7-8-14-26/h2-6,9-10,19,21-22,29H,7-8,11-18H2,1H3,(H,27,31)(H,28,30)/t19-,21+,22-/m0/s1. The molecule has 0 spiro atoms. The second-order valence-corrected chi connectivity index (χ2v) is 9.46. The van der Waals surface area contributed by atoms with Gasteiger partial charge in [-0.2, -0.15) is 0 Å². The fourth-order valence-corrected chi connectivity index (χ4v) is 4.64. The van der Waals surface area contributed by atoms with Crippen molar-refractivity contribution in [1.29, 1.82) is 0 Å². The third-order valence-corrected chi connectivity index (χ3v) is 6.60. The van der Waals surface area contributed by atoms with Crippen LogP contribution < -0.4 is 10.6 Å². The van der Waals surface area contributed by atoms with Crippen molar-refractivity contribution in [3.05, 3.63) is 48.0 Å². The molecule has 3 rings (SSSR count). The second-order valence-electron chi connectivity index (χ2n) is 9.46. The highest BCUT2D eigenvalue weighted by molar-refractivity contribution is 5.86. The molecule has 0 unspecified atom stereocenters. The molecule has 7 heteroatoms. The number of carbonyl (C=O) groups excluding carboxylic acids is 3. The molecule has 1 aliphatic carbocycles. The topological polar surface area (TPSA) is 105 Å². The number of aliphatic hydroxyl groups is 1. The van der Waals surface area contributed by atoms with Gasteiger partial charge in [0.1, 0.15) is 6.61 Å². The lowest BCUT2D eigenvalue weighted by Gasteiger charge is -2.29. The largest absolute Gasteiger partial charge is 0.463 e. The summed E-state index contributed by atoms with van der Waals surface area (Å²) in [6.45, 7) is 1.79. The summed E-state index contributed by atoms with van der Waals surface area (Å²) in [6, 6.07) is 9.48. The van der Waals surface area contributed by atoms with E-state index in [1.165, 1.54) is 0 Å². The Morgan fingerprint density at radius 3 is 2.45 bits per heavy atom. The van der Waals surface area contributed by atoms with E-state index in [0.29, 0.717) is 19.3 Å². The Morgan fingerprint density at radius 1 is 1.12 bits per heavy atom. The Labute approximate surface area is 196 Å². The molecule has 3 atom stereocenters. The Kier molecular flexibility index (Phi) is 9.06. The molecule has 1 aliphatic heterocycles. The smallest absolute Gasteiger partial charge is 0.309 e. The highest BCUT2D eigenvalue weighted by Gasteiger charge is 2.35. The number of hydrogen-bond donors (Lipinski definition) is 3. The van der Waals surface area contributed by atoms with Crippen LogP contribution in [0.5, 0.6) is 0 Å². The molecule has 3 N–H and O–H groups in total. The third-order valence-electron chi connectivity index (χ3n) is 6.60. The second kappa shape index (κ2) is 12.0. The van der Waals surface area contributed by atoms with Crippen LogP contribution in [0.25, 0.3) is 0 Å². The average Bonchev–Trinajstić information content (AvgIpc) is 3.27. The summed E-state index contributed by atoms with van der Waals surface area (Å²) in [5, 5.41) is 15.6. The van der Waals surface area contributed by atoms with Gasteiger partial charge in [0.15, 0.2) is 0 Å². The van der Waals surface area contributed by atoms with Gasteiger partial charge in [-0.3, -0.25) is 14.4 Å². The van der Waals surface area contributed by atoms with E-state index in [1.807, 2.05) is 42.5 Å². The van der Waals surface area contributed by atoms with E-state index in [9.17, 15) is 19.5 Å². The molecular weight excluding hydrogens is 420 g/mol. The molecular formula is C26H36N2O5. The summed E-state index contributed by atoms with van der Waals surface area (Å²) in [5.41, 5.74) is 0.515. The summed E-state index contributed by atoms with van der Waals surface area (Å²) in [5.74, 6) is -1.55. The molecule has 7 nitrogen and oxygen atoms in total. The van der Waals surface area contributed by atoms with Gasteiger partial charge in [-0.05, 0) is 44.6 Å². The van der Waals surface area contributed by atoms with E-state index in [1.54, 1.807) is 6.92 Å². The number of amides is 2. The maximum Gasteiger partial charge on any atom is 0.309 e. The Morgan fingerprint density at radius 2 is 1.79 bits per heavy atom. The van der Waals surface area contributed by atoms with Gasteiger partial charge in [0.2, 0.25) is 11.8 Å². The van der Waals surface area contributed by atoms with Crippen LogP contribution in [-0.4, -0.2) is 47.7 Å². The van der Waals surface area contributed by atoms with Crippen LogP contribution in [0, 0.1) is 11.8 Å². The molecule has 0 radical (unpaired) electrons. The van der Waals surface area contributed by atoms with Crippen molar-refractivity contribution >= 4 is 17.8 Å². The van der Waals surface area contributed by atoms with Crippen molar-refractivity contribution in [3.63, 3.8) is 0 Å². The molecule has 1 fully saturated rings. The fourth-order valence-electron chi connectivity index (χ4n) is 4.64. The van der Waals surface area contributed by atoms with Crippen LogP contribution >= 0.6 is 0 Å². The van der Waals surface area contributed by atoms with Gasteiger partial charge in [-0.25, -0.2) is 0 Å². The molecule has 0 saturated heterocycles. The van der Waals surface area contributed by atoms with Crippen LogP contribution in [-0.2, 0) is 25.5 Å². The predicted octanol–water partition coefficient (Wildman–Crippen LogP) is 2.67. The molecule has 2 aliphatic rings. The number of rotatable bonds is 6. The van der Waals surface area contributed by atoms with Crippen molar-refractivity contribution in [2.75, 3.05) is 13.2 Å². The predicted molar refractivity (Wildman–Crippen MR) is 125 cm³/mol. The lowest BCUT2D eigenvalue weighted by Crippen LogP contribution is -2.50. The molecule has 1 aromatic rings. The first-order valence-corrected chi connectivity index (χ1v) is 12.0. The zero-order valence-electron chi connectivity index (χ0n) is 19.4. The van der Waals surface area contributed by atoms with E-state index in [4.69, 9.17) is 4.74 Å². The molecule has 1 saturated carbocycles. The molecule has 180 valence electrons. The zero-order chi connectivity index (χ0) is 23.7. The van der Waals surface area contributed by atoms with Gasteiger partial charge >= 0.3 is 5.97 Å². The van der Waals surface area contributed by atoms with E-state index >= 15 is 0 Å². The maximum atomic E-state index is 12.8. The molecule has 0 aromatic heterocycles. The van der Waals surface area contributed by atoms with E-state index < -0.39 is 11.5 Å². The SMILES string of the molecule is C[C@H]1COC(=O)[C@H](Cc2ccccc2)CC=CC[C@H](CC(=O)NC2(CO)CCCC2)C(=O)N1. The Bertz CT molecular complexity index is 832. The fraction of sp³-hybridized carbons (Fsp3) is 0.577. The van der Waals surface area contributed by atoms with Gasteiger partial charge < -0.3 is 20.5 Å². The minimum absolute atomic E-state index is 0.0534. The third kappa shape index (κ3) is 7.42. The zero-order valence-corrected chi connectivity index (χ0v) is 19.4.